The Morgan fingerprint density at radius 3 is 2.80 bits per heavy atom. The molecule has 0 bridgehead atoms. The highest BCUT2D eigenvalue weighted by atomic mass is 16.2. The van der Waals surface area contributed by atoms with E-state index in [-0.39, 0.29) is 5.91 Å². The average Bonchev–Trinajstić information content (AvgIpc) is 2.22. The molecule has 0 fully saturated rings. The Morgan fingerprint density at radius 1 is 1.53 bits per heavy atom. The molecule has 0 rings (SSSR count). The van der Waals surface area contributed by atoms with Crippen molar-refractivity contribution in [2.75, 3.05) is 0 Å². The number of rotatable bonds is 6. The number of carbonyl (C=O) groups is 1. The summed E-state index contributed by atoms with van der Waals surface area (Å²) in [6.45, 7) is 5.46. The molecular weight excluding hydrogens is 192 g/mol. The quantitative estimate of drug-likeness (QED) is 0.339. The molecule has 0 aromatic heterocycles. The molecular formula is C10H16N4O. The van der Waals surface area contributed by atoms with Crippen molar-refractivity contribution < 1.29 is 4.79 Å². The van der Waals surface area contributed by atoms with Gasteiger partial charge in [-0.3, -0.25) is 15.6 Å². The summed E-state index contributed by atoms with van der Waals surface area (Å²) in [5.41, 5.74) is 10.1. The maximum Gasteiger partial charge on any atom is 0.263 e. The number of hydrogen-bond acceptors (Lipinski definition) is 4. The van der Waals surface area contributed by atoms with Gasteiger partial charge in [-0.25, -0.2) is 4.99 Å². The summed E-state index contributed by atoms with van der Waals surface area (Å²) in [6, 6.07) is 0. The van der Waals surface area contributed by atoms with E-state index in [0.29, 0.717) is 5.82 Å². The van der Waals surface area contributed by atoms with Crippen molar-refractivity contribution in [2.24, 2.45) is 10.7 Å². The summed E-state index contributed by atoms with van der Waals surface area (Å²) >= 11 is 0. The predicted octanol–water partition coefficient (Wildman–Crippen LogP) is 0.588. The zero-order valence-corrected chi connectivity index (χ0v) is 8.73. The van der Waals surface area contributed by atoms with Crippen LogP contribution in [0.15, 0.2) is 41.8 Å². The fourth-order valence-electron chi connectivity index (χ4n) is 0.717. The SMILES string of the molecule is C=C/C=N\C(=C/CC)NNC(=O)/C=C\N. The molecule has 0 unspecified atom stereocenters. The second-order valence-electron chi connectivity index (χ2n) is 2.48. The first-order valence-electron chi connectivity index (χ1n) is 4.54. The third kappa shape index (κ3) is 7.06. The van der Waals surface area contributed by atoms with Crippen LogP contribution in [0.3, 0.4) is 0 Å². The highest BCUT2D eigenvalue weighted by Gasteiger charge is 1.94. The van der Waals surface area contributed by atoms with Gasteiger partial charge in [0.05, 0.1) is 0 Å². The summed E-state index contributed by atoms with van der Waals surface area (Å²) in [4.78, 5) is 15.0. The van der Waals surface area contributed by atoms with E-state index >= 15 is 0 Å². The number of hydrazine groups is 1. The zero-order chi connectivity index (χ0) is 11.5. The van der Waals surface area contributed by atoms with Crippen LogP contribution in [-0.2, 0) is 4.79 Å². The van der Waals surface area contributed by atoms with Crippen molar-refractivity contribution >= 4 is 12.1 Å². The lowest BCUT2D eigenvalue weighted by atomic mass is 10.4. The lowest BCUT2D eigenvalue weighted by Gasteiger charge is -2.05. The lowest BCUT2D eigenvalue weighted by Crippen LogP contribution is -2.35. The first-order valence-corrected chi connectivity index (χ1v) is 4.54. The first-order chi connectivity index (χ1) is 7.24. The Balaban J connectivity index is 4.19. The minimum Gasteiger partial charge on any atom is -0.404 e. The summed E-state index contributed by atoms with van der Waals surface area (Å²) in [6.07, 6.45) is 8.07. The molecule has 0 saturated heterocycles. The number of nitrogens with two attached hydrogens (primary N) is 1. The normalized spacial score (nSPS) is 11.9. The fraction of sp³-hybridized carbons (Fsp3) is 0.200. The van der Waals surface area contributed by atoms with E-state index in [2.05, 4.69) is 22.4 Å². The average molecular weight is 208 g/mol. The summed E-state index contributed by atoms with van der Waals surface area (Å²) in [7, 11) is 0. The number of aliphatic imine (C=N–C) groups is 1. The number of amides is 1. The zero-order valence-electron chi connectivity index (χ0n) is 8.73. The van der Waals surface area contributed by atoms with Crippen molar-refractivity contribution in [2.45, 2.75) is 13.3 Å². The molecule has 0 aliphatic carbocycles. The number of nitrogens with zero attached hydrogens (tertiary/aromatic N) is 1. The van der Waals surface area contributed by atoms with E-state index in [9.17, 15) is 4.79 Å². The van der Waals surface area contributed by atoms with Gasteiger partial charge in [0.1, 0.15) is 5.82 Å². The van der Waals surface area contributed by atoms with E-state index in [1.54, 1.807) is 6.08 Å². The second kappa shape index (κ2) is 8.55. The third-order valence-corrected chi connectivity index (χ3v) is 1.28. The molecule has 1 amide bonds. The summed E-state index contributed by atoms with van der Waals surface area (Å²) in [5, 5.41) is 0. The Labute approximate surface area is 89.4 Å². The molecule has 82 valence electrons. The van der Waals surface area contributed by atoms with Crippen LogP contribution < -0.4 is 16.6 Å². The van der Waals surface area contributed by atoms with Gasteiger partial charge in [-0.05, 0) is 18.7 Å². The van der Waals surface area contributed by atoms with Crippen molar-refractivity contribution in [1.29, 1.82) is 0 Å². The summed E-state index contributed by atoms with van der Waals surface area (Å²) in [5.74, 6) is 0.212. The van der Waals surface area contributed by atoms with E-state index in [4.69, 9.17) is 5.73 Å². The molecule has 0 radical (unpaired) electrons. The molecule has 0 aromatic rings. The Morgan fingerprint density at radius 2 is 2.27 bits per heavy atom. The number of hydrogen-bond donors (Lipinski definition) is 3. The molecule has 0 aliphatic rings. The molecule has 0 atom stereocenters. The standard InChI is InChI=1S/C10H16N4O/c1-3-5-9(12-8-4-2)13-14-10(15)6-7-11/h4-8,13H,2-3,11H2,1H3,(H,14,15)/b7-6-,9-5+,12-8-. The topological polar surface area (TPSA) is 79.5 Å². The van der Waals surface area contributed by atoms with Crippen LogP contribution in [0.25, 0.3) is 0 Å². The monoisotopic (exact) mass is 208 g/mol. The number of carbonyl (C=O) groups excluding carboxylic acids is 1. The van der Waals surface area contributed by atoms with E-state index in [0.717, 1.165) is 12.6 Å². The van der Waals surface area contributed by atoms with Gasteiger partial charge >= 0.3 is 0 Å². The van der Waals surface area contributed by atoms with Crippen LogP contribution in [0, 0.1) is 0 Å². The van der Waals surface area contributed by atoms with Crippen LogP contribution in [-0.4, -0.2) is 12.1 Å². The predicted molar refractivity (Wildman–Crippen MR) is 61.7 cm³/mol. The molecule has 4 N–H and O–H groups in total. The smallest absolute Gasteiger partial charge is 0.263 e. The number of nitrogens with one attached hydrogen (secondary N) is 2. The van der Waals surface area contributed by atoms with Crippen LogP contribution in [0.4, 0.5) is 0 Å². The molecule has 5 heteroatoms. The molecule has 0 spiro atoms. The van der Waals surface area contributed by atoms with Gasteiger partial charge in [-0.15, -0.1) is 0 Å². The minimum atomic E-state index is -0.340. The molecule has 0 saturated carbocycles. The minimum absolute atomic E-state index is 0.340. The van der Waals surface area contributed by atoms with Crippen molar-refractivity contribution in [3.8, 4) is 0 Å². The first kappa shape index (κ1) is 13.0. The van der Waals surface area contributed by atoms with Gasteiger partial charge in [0.2, 0.25) is 0 Å². The Hall–Kier alpha value is -2.04. The van der Waals surface area contributed by atoms with E-state index < -0.39 is 0 Å². The lowest BCUT2D eigenvalue weighted by molar-refractivity contribution is -0.117. The van der Waals surface area contributed by atoms with Gasteiger partial charge < -0.3 is 5.73 Å². The van der Waals surface area contributed by atoms with Crippen molar-refractivity contribution in [3.63, 3.8) is 0 Å². The summed E-state index contributed by atoms with van der Waals surface area (Å²) < 4.78 is 0. The van der Waals surface area contributed by atoms with Crippen LogP contribution >= 0.6 is 0 Å². The van der Waals surface area contributed by atoms with Gasteiger partial charge in [0, 0.05) is 12.3 Å². The molecule has 0 aliphatic heterocycles. The van der Waals surface area contributed by atoms with E-state index in [1.807, 2.05) is 13.0 Å². The Bertz CT molecular complexity index is 292. The van der Waals surface area contributed by atoms with Gasteiger partial charge in [0.15, 0.2) is 0 Å². The third-order valence-electron chi connectivity index (χ3n) is 1.28. The maximum absolute atomic E-state index is 11.0. The Kier molecular flexibility index (Phi) is 7.39. The highest BCUT2D eigenvalue weighted by Crippen LogP contribution is 1.91. The van der Waals surface area contributed by atoms with Gasteiger partial charge in [0.25, 0.3) is 5.91 Å². The van der Waals surface area contributed by atoms with Crippen molar-refractivity contribution in [3.05, 3.63) is 36.8 Å². The molecule has 0 heterocycles. The van der Waals surface area contributed by atoms with Crippen LogP contribution in [0.1, 0.15) is 13.3 Å². The van der Waals surface area contributed by atoms with Crippen LogP contribution in [0.5, 0.6) is 0 Å². The second-order valence-corrected chi connectivity index (χ2v) is 2.48. The fourth-order valence-corrected chi connectivity index (χ4v) is 0.717. The van der Waals surface area contributed by atoms with Gasteiger partial charge in [-0.1, -0.05) is 19.6 Å². The van der Waals surface area contributed by atoms with E-state index in [1.165, 1.54) is 12.3 Å². The number of allylic oxidation sites excluding steroid dienone is 2. The van der Waals surface area contributed by atoms with Gasteiger partial charge in [-0.2, -0.15) is 0 Å². The molecule has 5 nitrogen and oxygen atoms in total. The molecule has 15 heavy (non-hydrogen) atoms. The van der Waals surface area contributed by atoms with Crippen molar-refractivity contribution in [1.82, 2.24) is 10.9 Å². The highest BCUT2D eigenvalue weighted by molar-refractivity contribution is 5.87. The van der Waals surface area contributed by atoms with Crippen LogP contribution in [0.2, 0.25) is 0 Å². The maximum atomic E-state index is 11.0. The molecule has 0 aromatic carbocycles. The largest absolute Gasteiger partial charge is 0.404 e.